The van der Waals surface area contributed by atoms with Crippen molar-refractivity contribution < 1.29 is 24.2 Å². The molecule has 7 nitrogen and oxygen atoms in total. The first-order valence-corrected chi connectivity index (χ1v) is 11.6. The fourth-order valence-corrected chi connectivity index (χ4v) is 5.47. The molecule has 3 aliphatic rings. The lowest BCUT2D eigenvalue weighted by atomic mass is 9.77. The Kier molecular flexibility index (Phi) is 5.79. The lowest BCUT2D eigenvalue weighted by Gasteiger charge is -2.27. The molecule has 0 aromatic heterocycles. The van der Waals surface area contributed by atoms with E-state index in [0.717, 1.165) is 35.1 Å². The topological polar surface area (TPSA) is 95.9 Å². The highest BCUT2D eigenvalue weighted by Gasteiger charge is 2.42. The number of carboxylic acids is 1. The van der Waals surface area contributed by atoms with E-state index >= 15 is 0 Å². The Hall–Kier alpha value is -3.35. The van der Waals surface area contributed by atoms with Crippen LogP contribution < -0.4 is 5.32 Å². The Balaban J connectivity index is 1.24. The molecule has 1 aliphatic heterocycles. The summed E-state index contributed by atoms with van der Waals surface area (Å²) in [5.74, 6) is -0.194. The van der Waals surface area contributed by atoms with Crippen molar-refractivity contribution in [2.45, 2.75) is 37.6 Å². The smallest absolute Gasteiger partial charge is 0.407 e. The number of carbonyl (C=O) groups excluding carboxylic acids is 2. The molecule has 0 radical (unpaired) electrons. The molecule has 33 heavy (non-hydrogen) atoms. The quantitative estimate of drug-likeness (QED) is 0.674. The van der Waals surface area contributed by atoms with Crippen molar-refractivity contribution >= 4 is 18.0 Å². The molecule has 172 valence electrons. The van der Waals surface area contributed by atoms with Gasteiger partial charge in [0.1, 0.15) is 12.6 Å². The molecule has 1 saturated carbocycles. The Bertz CT molecular complexity index is 1030. The lowest BCUT2D eigenvalue weighted by molar-refractivity contribution is -0.137. The normalized spacial score (nSPS) is 21.4. The standard InChI is InChI=1S/C26H28N2O5/c29-24(30)12-11-23(25(31)28-13-16-9-10-17(16)14-28)27-26(32)33-15-22-20-7-3-1-5-18(20)19-6-2-4-8-21(19)22/h1-8,16-17,22-23H,9-15H2,(H,27,32)(H,29,30). The van der Waals surface area contributed by atoms with Crippen LogP contribution in [-0.2, 0) is 14.3 Å². The van der Waals surface area contributed by atoms with Crippen LogP contribution in [-0.4, -0.2) is 53.7 Å². The van der Waals surface area contributed by atoms with Gasteiger partial charge in [0.15, 0.2) is 0 Å². The number of nitrogens with zero attached hydrogens (tertiary/aromatic N) is 1. The molecule has 7 heteroatoms. The first-order chi connectivity index (χ1) is 16.0. The molecule has 2 aromatic carbocycles. The number of carbonyl (C=O) groups is 3. The largest absolute Gasteiger partial charge is 0.481 e. The molecule has 1 heterocycles. The SMILES string of the molecule is O=C(O)CCC(NC(=O)OCC1c2ccccc2-c2ccccc21)C(=O)N1CC2CCC2C1. The van der Waals surface area contributed by atoms with Gasteiger partial charge in [0, 0.05) is 25.4 Å². The van der Waals surface area contributed by atoms with Crippen molar-refractivity contribution in [2.24, 2.45) is 11.8 Å². The number of aliphatic carboxylic acids is 1. The zero-order chi connectivity index (χ0) is 22.9. The average molecular weight is 449 g/mol. The summed E-state index contributed by atoms with van der Waals surface area (Å²) in [5.41, 5.74) is 4.50. The van der Waals surface area contributed by atoms with Gasteiger partial charge in [0.05, 0.1) is 0 Å². The summed E-state index contributed by atoms with van der Waals surface area (Å²) in [6.07, 6.45) is 1.43. The highest BCUT2D eigenvalue weighted by molar-refractivity contribution is 5.86. The summed E-state index contributed by atoms with van der Waals surface area (Å²) in [4.78, 5) is 38.6. The van der Waals surface area contributed by atoms with Crippen LogP contribution in [0.25, 0.3) is 11.1 Å². The van der Waals surface area contributed by atoms with E-state index in [4.69, 9.17) is 9.84 Å². The molecule has 0 spiro atoms. The lowest BCUT2D eigenvalue weighted by Crippen LogP contribution is -2.48. The van der Waals surface area contributed by atoms with Crippen molar-refractivity contribution in [1.29, 1.82) is 0 Å². The van der Waals surface area contributed by atoms with E-state index in [1.165, 1.54) is 0 Å². The number of rotatable bonds is 7. The van der Waals surface area contributed by atoms with Crippen LogP contribution in [0.15, 0.2) is 48.5 Å². The predicted molar refractivity (Wildman–Crippen MR) is 122 cm³/mol. The highest BCUT2D eigenvalue weighted by Crippen LogP contribution is 2.44. The van der Waals surface area contributed by atoms with Crippen molar-refractivity contribution in [3.8, 4) is 11.1 Å². The van der Waals surface area contributed by atoms with Gasteiger partial charge in [-0.2, -0.15) is 0 Å². The van der Waals surface area contributed by atoms with Crippen LogP contribution in [0.2, 0.25) is 0 Å². The number of alkyl carbamates (subject to hydrolysis) is 1. The minimum absolute atomic E-state index is 0.0458. The third-order valence-electron chi connectivity index (χ3n) is 7.38. The third-order valence-corrected chi connectivity index (χ3v) is 7.38. The fraction of sp³-hybridized carbons (Fsp3) is 0.423. The minimum Gasteiger partial charge on any atom is -0.481 e. The van der Waals surface area contributed by atoms with Gasteiger partial charge in [0.2, 0.25) is 5.91 Å². The van der Waals surface area contributed by atoms with Crippen LogP contribution >= 0.6 is 0 Å². The van der Waals surface area contributed by atoms with E-state index in [2.05, 4.69) is 17.4 Å². The molecule has 2 aromatic rings. The van der Waals surface area contributed by atoms with Crippen LogP contribution in [0, 0.1) is 11.8 Å². The van der Waals surface area contributed by atoms with Crippen LogP contribution in [0.3, 0.4) is 0 Å². The van der Waals surface area contributed by atoms with Gasteiger partial charge in [-0.1, -0.05) is 48.5 Å². The van der Waals surface area contributed by atoms with E-state index in [9.17, 15) is 14.4 Å². The number of fused-ring (bicyclic) bond motifs is 4. The Morgan fingerprint density at radius 3 is 2.09 bits per heavy atom. The Morgan fingerprint density at radius 2 is 1.55 bits per heavy atom. The number of hydrogen-bond donors (Lipinski definition) is 2. The fourth-order valence-electron chi connectivity index (χ4n) is 5.47. The first-order valence-electron chi connectivity index (χ1n) is 11.6. The number of carboxylic acid groups (broad SMARTS) is 1. The number of likely N-dealkylation sites (tertiary alicyclic amines) is 1. The molecular formula is C26H28N2O5. The van der Waals surface area contributed by atoms with Gasteiger partial charge in [-0.05, 0) is 53.4 Å². The molecule has 2 amide bonds. The molecule has 5 rings (SSSR count). The van der Waals surface area contributed by atoms with Crippen molar-refractivity contribution in [3.05, 3.63) is 59.7 Å². The summed E-state index contributed by atoms with van der Waals surface area (Å²) in [6.45, 7) is 1.53. The van der Waals surface area contributed by atoms with Crippen LogP contribution in [0.5, 0.6) is 0 Å². The summed E-state index contributed by atoms with van der Waals surface area (Å²) in [6, 6.07) is 15.3. The van der Waals surface area contributed by atoms with Gasteiger partial charge in [-0.3, -0.25) is 9.59 Å². The third kappa shape index (κ3) is 4.19. The van der Waals surface area contributed by atoms with Crippen molar-refractivity contribution in [3.63, 3.8) is 0 Å². The van der Waals surface area contributed by atoms with Gasteiger partial charge >= 0.3 is 12.1 Å². The number of nitrogens with one attached hydrogen (secondary N) is 1. The van der Waals surface area contributed by atoms with Gasteiger partial charge in [0.25, 0.3) is 0 Å². The second kappa shape index (κ2) is 8.89. The maximum absolute atomic E-state index is 13.1. The predicted octanol–water partition coefficient (Wildman–Crippen LogP) is 3.63. The molecule has 3 atom stereocenters. The van der Waals surface area contributed by atoms with Gasteiger partial charge in [-0.25, -0.2) is 4.79 Å². The molecular weight excluding hydrogens is 420 g/mol. The van der Waals surface area contributed by atoms with E-state index in [1.807, 2.05) is 36.4 Å². The molecule has 2 aliphatic carbocycles. The van der Waals surface area contributed by atoms with Gasteiger partial charge in [-0.15, -0.1) is 0 Å². The van der Waals surface area contributed by atoms with E-state index in [1.54, 1.807) is 4.90 Å². The molecule has 2 N–H and O–H groups in total. The number of hydrogen-bond acceptors (Lipinski definition) is 4. The Morgan fingerprint density at radius 1 is 0.970 bits per heavy atom. The highest BCUT2D eigenvalue weighted by atomic mass is 16.5. The molecule has 1 saturated heterocycles. The maximum Gasteiger partial charge on any atom is 0.407 e. The van der Waals surface area contributed by atoms with Crippen LogP contribution in [0.1, 0.15) is 42.7 Å². The zero-order valence-corrected chi connectivity index (χ0v) is 18.4. The number of ether oxygens (including phenoxy) is 1. The molecule has 2 fully saturated rings. The summed E-state index contributed by atoms with van der Waals surface area (Å²) < 4.78 is 5.58. The van der Waals surface area contributed by atoms with Crippen molar-refractivity contribution in [2.75, 3.05) is 19.7 Å². The summed E-state index contributed by atoms with van der Waals surface area (Å²) in [7, 11) is 0. The van der Waals surface area contributed by atoms with E-state index < -0.39 is 18.1 Å². The number of benzene rings is 2. The van der Waals surface area contributed by atoms with Crippen molar-refractivity contribution in [1.82, 2.24) is 10.2 Å². The Labute approximate surface area is 192 Å². The average Bonchev–Trinajstić information content (AvgIpc) is 3.28. The summed E-state index contributed by atoms with van der Waals surface area (Å²) in [5, 5.41) is 11.8. The van der Waals surface area contributed by atoms with E-state index in [-0.39, 0.29) is 31.3 Å². The van der Waals surface area contributed by atoms with Gasteiger partial charge < -0.3 is 20.1 Å². The number of amides is 2. The second-order valence-corrected chi connectivity index (χ2v) is 9.30. The maximum atomic E-state index is 13.1. The second-order valence-electron chi connectivity index (χ2n) is 9.30. The van der Waals surface area contributed by atoms with E-state index in [0.29, 0.717) is 24.9 Å². The molecule has 3 unspecified atom stereocenters. The minimum atomic E-state index is -0.997. The monoisotopic (exact) mass is 448 g/mol. The van der Waals surface area contributed by atoms with Crippen LogP contribution in [0.4, 0.5) is 4.79 Å². The zero-order valence-electron chi connectivity index (χ0n) is 18.4. The first kappa shape index (κ1) is 21.5. The molecule has 0 bridgehead atoms. The summed E-state index contributed by atoms with van der Waals surface area (Å²) >= 11 is 0.